The maximum absolute atomic E-state index is 3.92. The van der Waals surface area contributed by atoms with Crippen LogP contribution < -0.4 is 0 Å². The van der Waals surface area contributed by atoms with E-state index in [1.54, 1.807) is 0 Å². The summed E-state index contributed by atoms with van der Waals surface area (Å²) in [7, 11) is 0. The Morgan fingerprint density at radius 2 is 1.35 bits per heavy atom. The van der Waals surface area contributed by atoms with Crippen LogP contribution in [-0.2, 0) is 0 Å². The van der Waals surface area contributed by atoms with Crippen molar-refractivity contribution in [2.24, 2.45) is 0 Å². The summed E-state index contributed by atoms with van der Waals surface area (Å²) in [5.74, 6) is 0. The van der Waals surface area contributed by atoms with E-state index < -0.39 is 0 Å². The number of rotatable bonds is 2. The standard InChI is InChI=1S/C18H14.C3H8.C2H6/c1-3-13-9-11-18-16-8-6-5-7-14(16)10-12-17(18)15(13)4-2;1-3-2;1-2/h3-12H,1-2H2;3H2,1-2H3;1-2H3. The lowest BCUT2D eigenvalue weighted by atomic mass is 9.95. The monoisotopic (exact) mass is 304 g/mol. The third-order valence-electron chi connectivity index (χ3n) is 3.43. The predicted octanol–water partition coefficient (Wildman–Crippen LogP) is 7.72. The molecule has 3 aromatic carbocycles. The van der Waals surface area contributed by atoms with E-state index in [4.69, 9.17) is 0 Å². The lowest BCUT2D eigenvalue weighted by Gasteiger charge is -2.09. The van der Waals surface area contributed by atoms with Gasteiger partial charge in [-0.2, -0.15) is 0 Å². The van der Waals surface area contributed by atoms with E-state index in [9.17, 15) is 0 Å². The molecule has 120 valence electrons. The van der Waals surface area contributed by atoms with Gasteiger partial charge in [0.05, 0.1) is 0 Å². The van der Waals surface area contributed by atoms with Crippen molar-refractivity contribution >= 4 is 33.7 Å². The third kappa shape index (κ3) is 4.10. The molecule has 0 spiro atoms. The van der Waals surface area contributed by atoms with Crippen LogP contribution in [0.2, 0.25) is 0 Å². The van der Waals surface area contributed by atoms with E-state index in [0.29, 0.717) is 0 Å². The van der Waals surface area contributed by atoms with Crippen molar-refractivity contribution in [2.45, 2.75) is 34.1 Å². The van der Waals surface area contributed by atoms with Gasteiger partial charge >= 0.3 is 0 Å². The Bertz CT molecular complexity index is 778. The Labute approximate surface area is 141 Å². The maximum Gasteiger partial charge on any atom is -0.00990 e. The molecule has 0 aliphatic heterocycles. The van der Waals surface area contributed by atoms with Crippen molar-refractivity contribution in [3.63, 3.8) is 0 Å². The topological polar surface area (TPSA) is 0 Å². The van der Waals surface area contributed by atoms with Crippen LogP contribution in [-0.4, -0.2) is 0 Å². The number of benzene rings is 3. The van der Waals surface area contributed by atoms with Crippen molar-refractivity contribution in [1.82, 2.24) is 0 Å². The number of fused-ring (bicyclic) bond motifs is 3. The van der Waals surface area contributed by atoms with Gasteiger partial charge in [-0.05, 0) is 32.7 Å². The number of hydrogen-bond donors (Lipinski definition) is 0. The summed E-state index contributed by atoms with van der Waals surface area (Å²) in [6, 6.07) is 17.1. The molecule has 0 aliphatic rings. The summed E-state index contributed by atoms with van der Waals surface area (Å²) in [4.78, 5) is 0. The summed E-state index contributed by atoms with van der Waals surface area (Å²) in [6.45, 7) is 16.0. The van der Waals surface area contributed by atoms with Crippen molar-refractivity contribution in [2.75, 3.05) is 0 Å². The molecule has 0 amide bonds. The van der Waals surface area contributed by atoms with Gasteiger partial charge in [-0.3, -0.25) is 0 Å². The molecule has 0 unspecified atom stereocenters. The van der Waals surface area contributed by atoms with E-state index in [-0.39, 0.29) is 0 Å². The lowest BCUT2D eigenvalue weighted by molar-refractivity contribution is 1.09. The summed E-state index contributed by atoms with van der Waals surface area (Å²) in [6.07, 6.45) is 5.04. The first-order chi connectivity index (χ1) is 11.3. The van der Waals surface area contributed by atoms with Crippen molar-refractivity contribution in [1.29, 1.82) is 0 Å². The largest absolute Gasteiger partial charge is 0.0984 e. The Hall–Kier alpha value is -2.34. The van der Waals surface area contributed by atoms with Gasteiger partial charge in [0.1, 0.15) is 0 Å². The van der Waals surface area contributed by atoms with Crippen LogP contribution in [0.5, 0.6) is 0 Å². The highest BCUT2D eigenvalue weighted by atomic mass is 14.1. The van der Waals surface area contributed by atoms with Gasteiger partial charge in [0, 0.05) is 0 Å². The number of hydrogen-bond acceptors (Lipinski definition) is 0. The molecular formula is C23H28. The Balaban J connectivity index is 0.000000477. The first-order valence-corrected chi connectivity index (χ1v) is 8.46. The minimum atomic E-state index is 1.13. The van der Waals surface area contributed by atoms with Gasteiger partial charge < -0.3 is 0 Å². The normalized spacial score (nSPS) is 9.39. The van der Waals surface area contributed by atoms with E-state index in [1.807, 2.05) is 26.0 Å². The highest BCUT2D eigenvalue weighted by molar-refractivity contribution is 6.10. The highest BCUT2D eigenvalue weighted by Crippen LogP contribution is 2.30. The van der Waals surface area contributed by atoms with Gasteiger partial charge in [0.2, 0.25) is 0 Å². The minimum Gasteiger partial charge on any atom is -0.0984 e. The van der Waals surface area contributed by atoms with Crippen LogP contribution >= 0.6 is 0 Å². The molecule has 0 heterocycles. The van der Waals surface area contributed by atoms with Crippen LogP contribution in [0.15, 0.2) is 61.7 Å². The molecule has 0 heteroatoms. The van der Waals surface area contributed by atoms with Crippen LogP contribution in [0.25, 0.3) is 33.7 Å². The maximum atomic E-state index is 3.92. The third-order valence-corrected chi connectivity index (χ3v) is 3.43. The quantitative estimate of drug-likeness (QED) is 0.425. The van der Waals surface area contributed by atoms with Crippen molar-refractivity contribution in [3.8, 4) is 0 Å². The fourth-order valence-electron chi connectivity index (χ4n) is 2.53. The van der Waals surface area contributed by atoms with Crippen LogP contribution in [0.1, 0.15) is 45.2 Å². The second-order valence-corrected chi connectivity index (χ2v) is 5.07. The molecule has 0 fully saturated rings. The zero-order valence-corrected chi connectivity index (χ0v) is 14.9. The lowest BCUT2D eigenvalue weighted by Crippen LogP contribution is -1.85. The molecule has 0 N–H and O–H groups in total. The molecule has 0 saturated heterocycles. The van der Waals surface area contributed by atoms with Crippen molar-refractivity contribution in [3.05, 3.63) is 72.8 Å². The van der Waals surface area contributed by atoms with Gasteiger partial charge in [-0.15, -0.1) is 0 Å². The first kappa shape index (κ1) is 18.7. The van der Waals surface area contributed by atoms with E-state index >= 15 is 0 Å². The van der Waals surface area contributed by atoms with Gasteiger partial charge in [0.15, 0.2) is 0 Å². The van der Waals surface area contributed by atoms with Gasteiger partial charge in [-0.1, -0.05) is 108 Å². The Morgan fingerprint density at radius 1 is 0.739 bits per heavy atom. The fraction of sp³-hybridized carbons (Fsp3) is 0.217. The molecular weight excluding hydrogens is 276 g/mol. The minimum absolute atomic E-state index is 1.13. The SMILES string of the molecule is C=Cc1ccc2c(ccc3ccccc32)c1C=C.CC.CCC. The Morgan fingerprint density at radius 3 is 1.96 bits per heavy atom. The van der Waals surface area contributed by atoms with Crippen molar-refractivity contribution < 1.29 is 0 Å². The highest BCUT2D eigenvalue weighted by Gasteiger charge is 2.05. The molecule has 23 heavy (non-hydrogen) atoms. The van der Waals surface area contributed by atoms with Gasteiger partial charge in [0.25, 0.3) is 0 Å². The summed E-state index contributed by atoms with van der Waals surface area (Å²) in [5.41, 5.74) is 2.29. The second kappa shape index (κ2) is 9.63. The van der Waals surface area contributed by atoms with Crippen LogP contribution in [0, 0.1) is 0 Å². The van der Waals surface area contributed by atoms with Gasteiger partial charge in [-0.25, -0.2) is 0 Å². The fourth-order valence-corrected chi connectivity index (χ4v) is 2.53. The molecule has 0 aromatic heterocycles. The van der Waals surface area contributed by atoms with Crippen LogP contribution in [0.4, 0.5) is 0 Å². The summed E-state index contributed by atoms with van der Waals surface area (Å²) in [5, 5.41) is 5.06. The predicted molar refractivity (Wildman–Crippen MR) is 109 cm³/mol. The zero-order chi connectivity index (χ0) is 17.2. The van der Waals surface area contributed by atoms with E-state index in [0.717, 1.165) is 11.1 Å². The summed E-state index contributed by atoms with van der Waals surface area (Å²) < 4.78 is 0. The average Bonchev–Trinajstić information content (AvgIpc) is 2.62. The molecule has 3 rings (SSSR count). The molecule has 0 bridgehead atoms. The molecule has 0 radical (unpaired) electrons. The molecule has 0 nitrogen and oxygen atoms in total. The molecule has 0 aliphatic carbocycles. The first-order valence-electron chi connectivity index (χ1n) is 8.46. The molecule has 3 aromatic rings. The molecule has 0 atom stereocenters. The van der Waals surface area contributed by atoms with E-state index in [2.05, 4.69) is 75.5 Å². The zero-order valence-electron chi connectivity index (χ0n) is 14.9. The Kier molecular flexibility index (Phi) is 7.83. The smallest absolute Gasteiger partial charge is 0.00990 e. The summed E-state index contributed by atoms with van der Waals surface area (Å²) >= 11 is 0. The van der Waals surface area contributed by atoms with E-state index in [1.165, 1.54) is 28.0 Å². The average molecular weight is 304 g/mol. The van der Waals surface area contributed by atoms with Crippen LogP contribution in [0.3, 0.4) is 0 Å². The molecule has 0 saturated carbocycles. The second-order valence-electron chi connectivity index (χ2n) is 5.07.